The molecule has 0 aliphatic carbocycles. The highest BCUT2D eigenvalue weighted by molar-refractivity contribution is 5.79. The Kier molecular flexibility index (Phi) is 6.54. The van der Waals surface area contributed by atoms with E-state index in [-0.39, 0.29) is 17.9 Å². The van der Waals surface area contributed by atoms with Gasteiger partial charge in [-0.3, -0.25) is 9.78 Å². The molecule has 1 fully saturated rings. The van der Waals surface area contributed by atoms with E-state index in [1.54, 1.807) is 0 Å². The molecule has 128 valence electrons. The zero-order valence-corrected chi connectivity index (χ0v) is 14.6. The van der Waals surface area contributed by atoms with Crippen LogP contribution in [0.1, 0.15) is 32.4 Å². The highest BCUT2D eigenvalue weighted by Crippen LogP contribution is 2.18. The molecule has 1 saturated heterocycles. The summed E-state index contributed by atoms with van der Waals surface area (Å²) >= 11 is 0. The van der Waals surface area contributed by atoms with Crippen LogP contribution in [-0.2, 0) is 11.2 Å². The molecule has 2 unspecified atom stereocenters. The summed E-state index contributed by atoms with van der Waals surface area (Å²) in [5, 5.41) is 0. The van der Waals surface area contributed by atoms with Crippen LogP contribution in [0.25, 0.3) is 0 Å². The molecule has 1 amide bonds. The van der Waals surface area contributed by atoms with E-state index >= 15 is 0 Å². The van der Waals surface area contributed by atoms with Crippen molar-refractivity contribution >= 4 is 5.91 Å². The number of aromatic nitrogens is 1. The molecule has 1 aromatic heterocycles. The van der Waals surface area contributed by atoms with E-state index in [0.29, 0.717) is 6.04 Å². The molecule has 0 bridgehead atoms. The number of rotatable bonds is 6. The number of nitrogens with two attached hydrogens (primary N) is 1. The van der Waals surface area contributed by atoms with Crippen LogP contribution >= 0.6 is 0 Å². The van der Waals surface area contributed by atoms with Gasteiger partial charge in [-0.25, -0.2) is 0 Å². The first kappa shape index (κ1) is 17.9. The Labute approximate surface area is 139 Å². The van der Waals surface area contributed by atoms with E-state index in [9.17, 15) is 4.79 Å². The molecule has 2 rings (SSSR count). The molecule has 2 heterocycles. The summed E-state index contributed by atoms with van der Waals surface area (Å²) in [6, 6.07) is 6.31. The van der Waals surface area contributed by atoms with Crippen molar-refractivity contribution in [1.82, 2.24) is 14.8 Å². The number of likely N-dealkylation sites (tertiary alicyclic amines) is 1. The first-order valence-corrected chi connectivity index (χ1v) is 8.63. The summed E-state index contributed by atoms with van der Waals surface area (Å²) in [7, 11) is 1.93. The number of nitrogens with zero attached hydrogens (tertiary/aromatic N) is 3. The smallest absolute Gasteiger partial charge is 0.226 e. The zero-order valence-electron chi connectivity index (χ0n) is 14.6. The average molecular weight is 318 g/mol. The summed E-state index contributed by atoms with van der Waals surface area (Å²) in [6.45, 7) is 6.95. The molecular formula is C18H30N4O. The van der Waals surface area contributed by atoms with Crippen molar-refractivity contribution in [3.8, 4) is 0 Å². The molecule has 5 heteroatoms. The van der Waals surface area contributed by atoms with Gasteiger partial charge in [-0.15, -0.1) is 0 Å². The number of carbonyl (C=O) groups is 1. The molecule has 0 aromatic carbocycles. The lowest BCUT2D eigenvalue weighted by molar-refractivity contribution is -0.137. The van der Waals surface area contributed by atoms with Crippen LogP contribution in [0.4, 0.5) is 0 Å². The first-order valence-electron chi connectivity index (χ1n) is 8.63. The number of carbonyl (C=O) groups excluding carboxylic acids is 1. The lowest BCUT2D eigenvalue weighted by Crippen LogP contribution is -2.49. The van der Waals surface area contributed by atoms with Crippen molar-refractivity contribution in [3.05, 3.63) is 30.1 Å². The Morgan fingerprint density at radius 1 is 1.39 bits per heavy atom. The van der Waals surface area contributed by atoms with Crippen LogP contribution in [0.15, 0.2) is 24.4 Å². The van der Waals surface area contributed by atoms with Crippen LogP contribution < -0.4 is 5.73 Å². The third-order valence-corrected chi connectivity index (χ3v) is 5.04. The quantitative estimate of drug-likeness (QED) is 0.864. The van der Waals surface area contributed by atoms with Gasteiger partial charge in [0.2, 0.25) is 5.91 Å². The van der Waals surface area contributed by atoms with Gasteiger partial charge >= 0.3 is 0 Å². The molecule has 2 atom stereocenters. The molecule has 2 N–H and O–H groups in total. The molecule has 0 saturated carbocycles. The van der Waals surface area contributed by atoms with Crippen molar-refractivity contribution in [2.45, 2.75) is 45.2 Å². The first-order chi connectivity index (χ1) is 11.0. The van der Waals surface area contributed by atoms with Crippen LogP contribution in [-0.4, -0.2) is 59.5 Å². The average Bonchev–Trinajstić information content (AvgIpc) is 2.59. The van der Waals surface area contributed by atoms with Gasteiger partial charge in [-0.1, -0.05) is 13.0 Å². The van der Waals surface area contributed by atoms with E-state index in [1.807, 2.05) is 44.1 Å². The lowest BCUT2D eigenvalue weighted by Gasteiger charge is -2.38. The lowest BCUT2D eigenvalue weighted by atomic mass is 9.98. The number of hydrogen-bond donors (Lipinski definition) is 1. The topological polar surface area (TPSA) is 62.5 Å². The summed E-state index contributed by atoms with van der Waals surface area (Å²) in [5.74, 6) is 0.0640. The maximum atomic E-state index is 12.4. The number of amides is 1. The number of piperidine rings is 1. The van der Waals surface area contributed by atoms with Gasteiger partial charge in [-0.05, 0) is 31.9 Å². The maximum absolute atomic E-state index is 12.4. The SMILES string of the molecule is CC(N)C(C)C(=O)N(C)C1CCN(CCc2ccccn2)CC1. The minimum atomic E-state index is -0.109. The molecular weight excluding hydrogens is 288 g/mol. The van der Waals surface area contributed by atoms with Crippen molar-refractivity contribution in [1.29, 1.82) is 0 Å². The number of pyridine rings is 1. The molecule has 0 radical (unpaired) electrons. The Morgan fingerprint density at radius 2 is 2.09 bits per heavy atom. The second-order valence-electron chi connectivity index (χ2n) is 6.74. The fraction of sp³-hybridized carbons (Fsp3) is 0.667. The van der Waals surface area contributed by atoms with Crippen LogP contribution in [0.5, 0.6) is 0 Å². The van der Waals surface area contributed by atoms with Crippen molar-refractivity contribution < 1.29 is 4.79 Å². The van der Waals surface area contributed by atoms with Gasteiger partial charge in [0.25, 0.3) is 0 Å². The van der Waals surface area contributed by atoms with E-state index in [0.717, 1.165) is 44.6 Å². The minimum Gasteiger partial charge on any atom is -0.342 e. The van der Waals surface area contributed by atoms with Crippen molar-refractivity contribution in [2.24, 2.45) is 11.7 Å². The van der Waals surface area contributed by atoms with Gasteiger partial charge in [-0.2, -0.15) is 0 Å². The summed E-state index contributed by atoms with van der Waals surface area (Å²) in [5.41, 5.74) is 7.01. The second-order valence-corrected chi connectivity index (χ2v) is 6.74. The summed E-state index contributed by atoms with van der Waals surface area (Å²) in [6.07, 6.45) is 4.91. The Bertz CT molecular complexity index is 483. The Morgan fingerprint density at radius 3 is 2.65 bits per heavy atom. The summed E-state index contributed by atoms with van der Waals surface area (Å²) in [4.78, 5) is 21.2. The third-order valence-electron chi connectivity index (χ3n) is 5.04. The maximum Gasteiger partial charge on any atom is 0.226 e. The predicted octanol–water partition coefficient (Wildman–Crippen LogP) is 1.53. The minimum absolute atomic E-state index is 0.0941. The fourth-order valence-electron chi connectivity index (χ4n) is 3.07. The molecule has 1 aromatic rings. The molecule has 1 aliphatic rings. The van der Waals surface area contributed by atoms with E-state index in [2.05, 4.69) is 16.0 Å². The van der Waals surface area contributed by atoms with Gasteiger partial charge < -0.3 is 15.5 Å². The highest BCUT2D eigenvalue weighted by Gasteiger charge is 2.28. The van der Waals surface area contributed by atoms with E-state index < -0.39 is 0 Å². The van der Waals surface area contributed by atoms with Crippen molar-refractivity contribution in [3.63, 3.8) is 0 Å². The summed E-state index contributed by atoms with van der Waals surface area (Å²) < 4.78 is 0. The highest BCUT2D eigenvalue weighted by atomic mass is 16.2. The second kappa shape index (κ2) is 8.41. The normalized spacial score (nSPS) is 19.3. The van der Waals surface area contributed by atoms with Gasteiger partial charge in [0.1, 0.15) is 0 Å². The van der Waals surface area contributed by atoms with Crippen LogP contribution in [0, 0.1) is 5.92 Å². The zero-order chi connectivity index (χ0) is 16.8. The molecule has 5 nitrogen and oxygen atoms in total. The Hall–Kier alpha value is -1.46. The third kappa shape index (κ3) is 5.01. The predicted molar refractivity (Wildman–Crippen MR) is 93.0 cm³/mol. The molecule has 1 aliphatic heterocycles. The van der Waals surface area contributed by atoms with Crippen LogP contribution in [0.3, 0.4) is 0 Å². The fourth-order valence-corrected chi connectivity index (χ4v) is 3.07. The van der Waals surface area contributed by atoms with E-state index in [4.69, 9.17) is 5.73 Å². The van der Waals surface area contributed by atoms with E-state index in [1.165, 1.54) is 0 Å². The van der Waals surface area contributed by atoms with Crippen LogP contribution in [0.2, 0.25) is 0 Å². The monoisotopic (exact) mass is 318 g/mol. The standard InChI is InChI=1S/C18H30N4O/c1-14(15(2)19)18(23)21(3)17-8-12-22(13-9-17)11-7-16-6-4-5-10-20-16/h4-6,10,14-15,17H,7-9,11-13,19H2,1-3H3. The largest absolute Gasteiger partial charge is 0.342 e. The van der Waals surface area contributed by atoms with Gasteiger partial charge in [0.05, 0.1) is 5.92 Å². The van der Waals surface area contributed by atoms with Gasteiger partial charge in [0, 0.05) is 57.1 Å². The van der Waals surface area contributed by atoms with Crippen molar-refractivity contribution in [2.75, 3.05) is 26.7 Å². The van der Waals surface area contributed by atoms with Gasteiger partial charge in [0.15, 0.2) is 0 Å². The molecule has 0 spiro atoms. The number of hydrogen-bond acceptors (Lipinski definition) is 4. The molecule has 23 heavy (non-hydrogen) atoms. The Balaban J connectivity index is 1.76.